The number of hydrogen-bond donors (Lipinski definition) is 1. The first-order chi connectivity index (χ1) is 16.0. The van der Waals surface area contributed by atoms with Crippen LogP contribution < -0.4 is 19.7 Å². The molecule has 3 aromatic rings. The number of nitrogens with one attached hydrogen (secondary N) is 1. The summed E-state index contributed by atoms with van der Waals surface area (Å²) in [6.45, 7) is 4.04. The normalized spacial score (nSPS) is 13.8. The van der Waals surface area contributed by atoms with Crippen molar-refractivity contribution in [3.8, 4) is 22.6 Å². The number of methoxy groups -OCH3 is 1. The maximum atomic E-state index is 12.5. The number of benzene rings is 2. The second-order valence-electron chi connectivity index (χ2n) is 8.15. The van der Waals surface area contributed by atoms with Crippen molar-refractivity contribution in [3.05, 3.63) is 65.3 Å². The van der Waals surface area contributed by atoms with Crippen LogP contribution in [0.4, 0.5) is 16.3 Å². The molecule has 2 aromatic carbocycles. The van der Waals surface area contributed by atoms with Crippen LogP contribution in [0.1, 0.15) is 31.2 Å². The van der Waals surface area contributed by atoms with E-state index < -0.39 is 6.09 Å². The second kappa shape index (κ2) is 10.6. The van der Waals surface area contributed by atoms with E-state index >= 15 is 0 Å². The zero-order valence-electron chi connectivity index (χ0n) is 18.9. The predicted octanol–water partition coefficient (Wildman–Crippen LogP) is 6.71. The van der Waals surface area contributed by atoms with Crippen molar-refractivity contribution in [1.82, 2.24) is 4.98 Å². The Kier molecular flexibility index (Phi) is 7.35. The van der Waals surface area contributed by atoms with Crippen LogP contribution in [0.3, 0.4) is 0 Å². The Hall–Kier alpha value is -3.25. The molecule has 0 radical (unpaired) electrons. The number of carbonyl (C=O) groups is 1. The van der Waals surface area contributed by atoms with Crippen molar-refractivity contribution >= 4 is 29.2 Å². The average molecular weight is 466 g/mol. The summed E-state index contributed by atoms with van der Waals surface area (Å²) in [6, 6.07) is 14.9. The molecule has 33 heavy (non-hydrogen) atoms. The quantitative estimate of drug-likeness (QED) is 0.453. The molecule has 0 saturated carbocycles. The second-order valence-corrected chi connectivity index (χ2v) is 8.55. The molecule has 1 amide bonds. The Morgan fingerprint density at radius 3 is 2.48 bits per heavy atom. The van der Waals surface area contributed by atoms with E-state index in [1.165, 1.54) is 25.7 Å². The van der Waals surface area contributed by atoms with Crippen LogP contribution in [0, 0.1) is 6.92 Å². The molecule has 1 fully saturated rings. The van der Waals surface area contributed by atoms with E-state index in [0.29, 0.717) is 22.2 Å². The summed E-state index contributed by atoms with van der Waals surface area (Å²) in [7, 11) is 1.58. The SMILES string of the molecule is COc1ccc(-c2cc(OC(=O)Nc3ccc(N4CCCCCC4)nc3)ccc2C)cc1Cl. The molecule has 6 nitrogen and oxygen atoms in total. The fourth-order valence-electron chi connectivity index (χ4n) is 4.01. The molecule has 1 aliphatic heterocycles. The van der Waals surface area contributed by atoms with Crippen molar-refractivity contribution in [2.75, 3.05) is 30.4 Å². The lowest BCUT2D eigenvalue weighted by molar-refractivity contribution is 0.215. The van der Waals surface area contributed by atoms with Gasteiger partial charge in [0.2, 0.25) is 0 Å². The first-order valence-corrected chi connectivity index (χ1v) is 11.6. The Balaban J connectivity index is 1.42. The van der Waals surface area contributed by atoms with Crippen LogP contribution in [0.25, 0.3) is 11.1 Å². The Labute approximate surface area is 199 Å². The standard InChI is InChI=1S/C26H28ClN3O3/c1-18-7-10-21(16-22(18)19-8-11-24(32-2)23(27)15-19)33-26(31)29-20-9-12-25(28-17-20)30-13-5-3-4-6-14-30/h7-12,15-17H,3-6,13-14H2,1-2H3,(H,29,31). The third kappa shape index (κ3) is 5.76. The molecule has 0 atom stereocenters. The monoisotopic (exact) mass is 465 g/mol. The minimum absolute atomic E-state index is 0.439. The molecule has 0 spiro atoms. The molecule has 1 saturated heterocycles. The molecule has 1 aromatic heterocycles. The van der Waals surface area contributed by atoms with Crippen LogP contribution in [0.15, 0.2) is 54.7 Å². The molecular weight excluding hydrogens is 438 g/mol. The van der Waals surface area contributed by atoms with Gasteiger partial charge in [-0.25, -0.2) is 9.78 Å². The number of rotatable bonds is 5. The number of halogens is 1. The molecule has 0 aliphatic carbocycles. The summed E-state index contributed by atoms with van der Waals surface area (Å²) in [5.41, 5.74) is 3.47. The number of aromatic nitrogens is 1. The van der Waals surface area contributed by atoms with E-state index in [-0.39, 0.29) is 0 Å². The van der Waals surface area contributed by atoms with Gasteiger partial charge in [0.05, 0.1) is 24.0 Å². The summed E-state index contributed by atoms with van der Waals surface area (Å²) in [5.74, 6) is 1.99. The van der Waals surface area contributed by atoms with E-state index in [2.05, 4.69) is 15.2 Å². The van der Waals surface area contributed by atoms with Crippen molar-refractivity contribution in [1.29, 1.82) is 0 Å². The minimum atomic E-state index is -0.568. The van der Waals surface area contributed by atoms with E-state index in [1.54, 1.807) is 19.4 Å². The van der Waals surface area contributed by atoms with E-state index in [9.17, 15) is 4.79 Å². The maximum absolute atomic E-state index is 12.5. The molecule has 4 rings (SSSR count). The molecule has 0 bridgehead atoms. The lowest BCUT2D eigenvalue weighted by Crippen LogP contribution is -2.25. The van der Waals surface area contributed by atoms with Crippen molar-refractivity contribution in [2.24, 2.45) is 0 Å². The molecule has 7 heteroatoms. The predicted molar refractivity (Wildman–Crippen MR) is 133 cm³/mol. The van der Waals surface area contributed by atoms with Gasteiger partial charge in [-0.05, 0) is 72.9 Å². The Morgan fingerprint density at radius 2 is 1.82 bits per heavy atom. The smallest absolute Gasteiger partial charge is 0.417 e. The number of carbonyl (C=O) groups excluding carboxylic acids is 1. The van der Waals surface area contributed by atoms with Gasteiger partial charge in [-0.15, -0.1) is 0 Å². The fraction of sp³-hybridized carbons (Fsp3) is 0.308. The number of aryl methyl sites for hydroxylation is 1. The van der Waals surface area contributed by atoms with Gasteiger partial charge in [0.1, 0.15) is 17.3 Å². The van der Waals surface area contributed by atoms with E-state index in [4.69, 9.17) is 21.1 Å². The zero-order valence-corrected chi connectivity index (χ0v) is 19.7. The first-order valence-electron chi connectivity index (χ1n) is 11.2. The highest BCUT2D eigenvalue weighted by Crippen LogP contribution is 2.33. The average Bonchev–Trinajstić information content (AvgIpc) is 3.10. The van der Waals surface area contributed by atoms with Crippen molar-refractivity contribution < 1.29 is 14.3 Å². The number of anilines is 2. The fourth-order valence-corrected chi connectivity index (χ4v) is 4.26. The van der Waals surface area contributed by atoms with Crippen LogP contribution in [-0.4, -0.2) is 31.3 Å². The molecule has 2 heterocycles. The van der Waals surface area contributed by atoms with Gasteiger partial charge in [-0.3, -0.25) is 5.32 Å². The van der Waals surface area contributed by atoms with Gasteiger partial charge in [-0.1, -0.05) is 36.6 Å². The Bertz CT molecular complexity index is 1110. The van der Waals surface area contributed by atoms with Gasteiger partial charge in [-0.2, -0.15) is 0 Å². The molecular formula is C26H28ClN3O3. The van der Waals surface area contributed by atoms with Crippen molar-refractivity contribution in [2.45, 2.75) is 32.6 Å². The van der Waals surface area contributed by atoms with Gasteiger partial charge in [0, 0.05) is 13.1 Å². The maximum Gasteiger partial charge on any atom is 0.417 e. The van der Waals surface area contributed by atoms with E-state index in [1.807, 2.05) is 49.4 Å². The van der Waals surface area contributed by atoms with E-state index in [0.717, 1.165) is 35.6 Å². The highest BCUT2D eigenvalue weighted by molar-refractivity contribution is 6.32. The zero-order chi connectivity index (χ0) is 23.2. The third-order valence-electron chi connectivity index (χ3n) is 5.81. The van der Waals surface area contributed by atoms with Gasteiger partial charge < -0.3 is 14.4 Å². The first kappa shape index (κ1) is 22.9. The highest BCUT2D eigenvalue weighted by Gasteiger charge is 2.13. The molecule has 172 valence electrons. The number of nitrogens with zero attached hydrogens (tertiary/aromatic N) is 2. The number of amides is 1. The lowest BCUT2D eigenvalue weighted by atomic mass is 10.0. The lowest BCUT2D eigenvalue weighted by Gasteiger charge is -2.21. The third-order valence-corrected chi connectivity index (χ3v) is 6.10. The number of pyridine rings is 1. The summed E-state index contributed by atoms with van der Waals surface area (Å²) in [4.78, 5) is 19.3. The number of hydrogen-bond acceptors (Lipinski definition) is 5. The summed E-state index contributed by atoms with van der Waals surface area (Å²) < 4.78 is 10.8. The van der Waals surface area contributed by atoms with Crippen LogP contribution >= 0.6 is 11.6 Å². The topological polar surface area (TPSA) is 63.7 Å². The van der Waals surface area contributed by atoms with Gasteiger partial charge in [0.15, 0.2) is 0 Å². The van der Waals surface area contributed by atoms with Crippen LogP contribution in [0.5, 0.6) is 11.5 Å². The molecule has 1 aliphatic rings. The van der Waals surface area contributed by atoms with Gasteiger partial charge in [0.25, 0.3) is 0 Å². The van der Waals surface area contributed by atoms with Crippen LogP contribution in [-0.2, 0) is 0 Å². The number of ether oxygens (including phenoxy) is 2. The highest BCUT2D eigenvalue weighted by atomic mass is 35.5. The largest absolute Gasteiger partial charge is 0.495 e. The molecule has 0 unspecified atom stereocenters. The Morgan fingerprint density at radius 1 is 1.03 bits per heavy atom. The summed E-state index contributed by atoms with van der Waals surface area (Å²) >= 11 is 6.29. The van der Waals surface area contributed by atoms with Gasteiger partial charge >= 0.3 is 6.09 Å². The summed E-state index contributed by atoms with van der Waals surface area (Å²) in [6.07, 6.45) is 6.02. The van der Waals surface area contributed by atoms with Crippen molar-refractivity contribution in [3.63, 3.8) is 0 Å². The molecule has 1 N–H and O–H groups in total. The minimum Gasteiger partial charge on any atom is -0.495 e. The summed E-state index contributed by atoms with van der Waals surface area (Å²) in [5, 5.41) is 3.27. The van der Waals surface area contributed by atoms with Crippen LogP contribution in [0.2, 0.25) is 5.02 Å².